The first kappa shape index (κ1) is 15.5. The quantitative estimate of drug-likeness (QED) is 0.930. The number of nitrogens with one attached hydrogen (secondary N) is 1. The molecule has 4 fully saturated rings. The molecule has 4 saturated heterocycles. The van der Waals surface area contributed by atoms with E-state index in [0.717, 1.165) is 43.6 Å². The Bertz CT molecular complexity index is 735. The van der Waals surface area contributed by atoms with Crippen LogP contribution in [0, 0.1) is 17.6 Å². The monoisotopic (exact) mass is 344 g/mol. The predicted octanol–water partition coefficient (Wildman–Crippen LogP) is 2.75. The Morgan fingerprint density at radius 3 is 2.52 bits per heavy atom. The van der Waals surface area contributed by atoms with Crippen LogP contribution >= 0.6 is 0 Å². The highest BCUT2D eigenvalue weighted by Gasteiger charge is 2.53. The summed E-state index contributed by atoms with van der Waals surface area (Å²) in [7, 11) is 0. The molecule has 0 saturated carbocycles. The fourth-order valence-corrected chi connectivity index (χ4v) is 5.38. The molecule has 3 atom stereocenters. The SMILES string of the molecule is Fc1cc(F)cc([C@H]2CN(Cc3ncc[nH]3)[C@@H]3C4CCN(CC4)[C@H]23)c1. The Morgan fingerprint density at radius 1 is 1.08 bits per heavy atom. The largest absolute Gasteiger partial charge is 0.348 e. The zero-order valence-electron chi connectivity index (χ0n) is 14.0. The van der Waals surface area contributed by atoms with Gasteiger partial charge in [-0.2, -0.15) is 0 Å². The lowest BCUT2D eigenvalue weighted by Gasteiger charge is -2.51. The Hall–Kier alpha value is -1.79. The van der Waals surface area contributed by atoms with Crippen LogP contribution in [0.3, 0.4) is 0 Å². The summed E-state index contributed by atoms with van der Waals surface area (Å²) in [4.78, 5) is 12.6. The Labute approximate surface area is 145 Å². The van der Waals surface area contributed by atoms with Crippen LogP contribution in [0.2, 0.25) is 0 Å². The third-order valence-electron chi connectivity index (χ3n) is 6.31. The average molecular weight is 344 g/mol. The van der Waals surface area contributed by atoms with Gasteiger partial charge in [-0.1, -0.05) is 0 Å². The summed E-state index contributed by atoms with van der Waals surface area (Å²) in [5.74, 6) is 0.821. The third-order valence-corrected chi connectivity index (χ3v) is 6.31. The molecule has 2 aromatic rings. The molecule has 1 aromatic heterocycles. The first-order valence-electron chi connectivity index (χ1n) is 9.11. The number of piperidine rings is 3. The molecular formula is C19H22F2N4. The minimum absolute atomic E-state index is 0.147. The van der Waals surface area contributed by atoms with Crippen molar-refractivity contribution in [3.05, 3.63) is 53.6 Å². The molecule has 1 N–H and O–H groups in total. The number of hydrogen-bond donors (Lipinski definition) is 1. The van der Waals surface area contributed by atoms with E-state index in [-0.39, 0.29) is 5.92 Å². The van der Waals surface area contributed by atoms with Crippen LogP contribution in [0.15, 0.2) is 30.6 Å². The Balaban J connectivity index is 1.51. The van der Waals surface area contributed by atoms with Gasteiger partial charge in [-0.15, -0.1) is 0 Å². The second-order valence-corrected chi connectivity index (χ2v) is 7.63. The maximum Gasteiger partial charge on any atom is 0.126 e. The summed E-state index contributed by atoms with van der Waals surface area (Å²) in [5.41, 5.74) is 0.794. The molecule has 1 aromatic carbocycles. The van der Waals surface area contributed by atoms with Crippen LogP contribution in [-0.2, 0) is 6.54 Å². The molecule has 0 aliphatic carbocycles. The summed E-state index contributed by atoms with van der Waals surface area (Å²) < 4.78 is 27.6. The van der Waals surface area contributed by atoms with Crippen molar-refractivity contribution in [2.24, 2.45) is 5.92 Å². The lowest BCUT2D eigenvalue weighted by Crippen LogP contribution is -2.60. The summed E-state index contributed by atoms with van der Waals surface area (Å²) in [6.45, 7) is 3.81. The van der Waals surface area contributed by atoms with Gasteiger partial charge in [-0.3, -0.25) is 9.80 Å². The van der Waals surface area contributed by atoms with E-state index in [2.05, 4.69) is 19.8 Å². The fourth-order valence-electron chi connectivity index (χ4n) is 5.38. The van der Waals surface area contributed by atoms with Crippen LogP contribution in [0.5, 0.6) is 0 Å². The highest BCUT2D eigenvalue weighted by atomic mass is 19.1. The standard InChI is InChI=1S/C19H22F2N4/c20-14-7-13(8-15(21)9-14)16-10-25(11-17-22-3-4-23-17)18-12-1-5-24(6-2-12)19(16)18/h3-4,7-9,12,16,18-19H,1-2,5-6,10-11H2,(H,22,23)/t16-,18-,19-/m1/s1. The van der Waals surface area contributed by atoms with Gasteiger partial charge in [-0.25, -0.2) is 13.8 Å². The van der Waals surface area contributed by atoms with Crippen LogP contribution in [0.25, 0.3) is 0 Å². The van der Waals surface area contributed by atoms with Gasteiger partial charge in [0.25, 0.3) is 0 Å². The number of nitrogens with zero attached hydrogens (tertiary/aromatic N) is 3. The molecule has 4 nitrogen and oxygen atoms in total. The van der Waals surface area contributed by atoms with Gasteiger partial charge >= 0.3 is 0 Å². The maximum atomic E-state index is 13.8. The number of hydrogen-bond acceptors (Lipinski definition) is 3. The molecule has 132 valence electrons. The van der Waals surface area contributed by atoms with E-state index >= 15 is 0 Å². The van der Waals surface area contributed by atoms with E-state index in [0.29, 0.717) is 18.0 Å². The smallest absolute Gasteiger partial charge is 0.126 e. The highest BCUT2D eigenvalue weighted by Crippen LogP contribution is 2.47. The van der Waals surface area contributed by atoms with E-state index in [1.54, 1.807) is 6.20 Å². The van der Waals surface area contributed by atoms with Crippen molar-refractivity contribution >= 4 is 0 Å². The first-order valence-corrected chi connectivity index (χ1v) is 9.11. The summed E-state index contributed by atoms with van der Waals surface area (Å²) in [6, 6.07) is 4.80. The number of aromatic amines is 1. The summed E-state index contributed by atoms with van der Waals surface area (Å²) in [5, 5.41) is 0. The normalized spacial score (nSPS) is 34.4. The van der Waals surface area contributed by atoms with Gasteiger partial charge in [0.1, 0.15) is 17.5 Å². The molecular weight excluding hydrogens is 322 g/mol. The topological polar surface area (TPSA) is 35.2 Å². The van der Waals surface area contributed by atoms with E-state index in [1.807, 2.05) is 6.20 Å². The maximum absolute atomic E-state index is 13.8. The molecule has 0 radical (unpaired) electrons. The van der Waals surface area contributed by atoms with Crippen molar-refractivity contribution in [3.63, 3.8) is 0 Å². The molecule has 0 unspecified atom stereocenters. The van der Waals surface area contributed by atoms with Crippen LogP contribution in [0.4, 0.5) is 8.78 Å². The average Bonchev–Trinajstić information content (AvgIpc) is 3.24. The Morgan fingerprint density at radius 2 is 1.84 bits per heavy atom. The van der Waals surface area contributed by atoms with Crippen LogP contribution in [0.1, 0.15) is 30.1 Å². The van der Waals surface area contributed by atoms with Crippen LogP contribution in [-0.4, -0.2) is 51.5 Å². The lowest BCUT2D eigenvalue weighted by molar-refractivity contribution is -0.00926. The zero-order chi connectivity index (χ0) is 17.0. The van der Waals surface area contributed by atoms with Gasteiger partial charge in [0.2, 0.25) is 0 Å². The molecule has 25 heavy (non-hydrogen) atoms. The molecule has 4 aliphatic rings. The first-order chi connectivity index (χ1) is 12.2. The van der Waals surface area contributed by atoms with E-state index in [1.165, 1.54) is 25.0 Å². The van der Waals surface area contributed by atoms with Crippen molar-refractivity contribution in [2.75, 3.05) is 19.6 Å². The molecule has 6 heteroatoms. The fraction of sp³-hybridized carbons (Fsp3) is 0.526. The van der Waals surface area contributed by atoms with Gasteiger partial charge in [0.05, 0.1) is 6.54 Å². The van der Waals surface area contributed by atoms with E-state index < -0.39 is 11.6 Å². The summed E-state index contributed by atoms with van der Waals surface area (Å²) in [6.07, 6.45) is 6.07. The number of benzene rings is 1. The van der Waals surface area contributed by atoms with Crippen molar-refractivity contribution in [3.8, 4) is 0 Å². The Kier molecular flexibility index (Phi) is 3.64. The molecule has 5 heterocycles. The molecule has 2 bridgehead atoms. The van der Waals surface area contributed by atoms with Crippen LogP contribution < -0.4 is 0 Å². The lowest BCUT2D eigenvalue weighted by atomic mass is 9.75. The second kappa shape index (κ2) is 5.88. The third kappa shape index (κ3) is 2.59. The number of H-pyrrole nitrogens is 1. The molecule has 4 aliphatic heterocycles. The van der Waals surface area contributed by atoms with Gasteiger partial charge in [0.15, 0.2) is 0 Å². The minimum Gasteiger partial charge on any atom is -0.348 e. The highest BCUT2D eigenvalue weighted by molar-refractivity contribution is 5.28. The molecule has 0 amide bonds. The van der Waals surface area contributed by atoms with Crippen molar-refractivity contribution < 1.29 is 8.78 Å². The molecule has 0 spiro atoms. The number of likely N-dealkylation sites (tertiary alicyclic amines) is 1. The predicted molar refractivity (Wildman–Crippen MR) is 90.0 cm³/mol. The van der Waals surface area contributed by atoms with Crippen molar-refractivity contribution in [1.82, 2.24) is 19.8 Å². The zero-order valence-corrected chi connectivity index (χ0v) is 14.0. The summed E-state index contributed by atoms with van der Waals surface area (Å²) >= 11 is 0. The van der Waals surface area contributed by atoms with Crippen molar-refractivity contribution in [1.29, 1.82) is 0 Å². The van der Waals surface area contributed by atoms with Gasteiger partial charge < -0.3 is 4.98 Å². The number of rotatable bonds is 3. The minimum atomic E-state index is -0.480. The van der Waals surface area contributed by atoms with Gasteiger partial charge in [-0.05, 0) is 49.5 Å². The second-order valence-electron chi connectivity index (χ2n) is 7.63. The van der Waals surface area contributed by atoms with Crippen molar-refractivity contribution in [2.45, 2.75) is 37.4 Å². The number of imidazole rings is 1. The number of fused-ring (bicyclic) bond motifs is 2. The number of aromatic nitrogens is 2. The number of halogens is 2. The van der Waals surface area contributed by atoms with Gasteiger partial charge in [0, 0.05) is 43.0 Å². The van der Waals surface area contributed by atoms with E-state index in [4.69, 9.17) is 0 Å². The van der Waals surface area contributed by atoms with E-state index in [9.17, 15) is 8.78 Å². The molecule has 6 rings (SSSR count).